The highest BCUT2D eigenvalue weighted by Crippen LogP contribution is 2.22. The molecule has 4 rings (SSSR count). The number of nitrogens with one attached hydrogen (secondary N) is 1. The van der Waals surface area contributed by atoms with Crippen molar-refractivity contribution < 1.29 is 9.53 Å². The van der Waals surface area contributed by atoms with Crippen molar-refractivity contribution in [1.82, 2.24) is 15.1 Å². The van der Waals surface area contributed by atoms with Gasteiger partial charge in [0.25, 0.3) is 5.56 Å². The number of methoxy groups -OCH3 is 1. The standard InChI is InChI=1S/C25H28N4O3/c1-32-23-11-9-19(10-12-23)15-26-25(31)21-8-5-13-28(18-21)22-14-24(30)29(27-16-22)17-20-6-3-2-4-7-20/h2-4,6-7,9-12,14,16,21H,5,8,13,15,17-18H2,1H3,(H,26,31). The normalized spacial score (nSPS) is 15.9. The molecule has 32 heavy (non-hydrogen) atoms. The number of carbonyl (C=O) groups excluding carboxylic acids is 1. The number of hydrogen-bond donors (Lipinski definition) is 1. The number of anilines is 1. The van der Waals surface area contributed by atoms with Crippen molar-refractivity contribution in [2.24, 2.45) is 5.92 Å². The summed E-state index contributed by atoms with van der Waals surface area (Å²) in [6.45, 7) is 2.32. The van der Waals surface area contributed by atoms with E-state index in [-0.39, 0.29) is 17.4 Å². The number of rotatable bonds is 7. The number of amides is 1. The maximum Gasteiger partial charge on any atom is 0.269 e. The lowest BCUT2D eigenvalue weighted by molar-refractivity contribution is -0.125. The summed E-state index contributed by atoms with van der Waals surface area (Å²) >= 11 is 0. The molecule has 0 aliphatic carbocycles. The van der Waals surface area contributed by atoms with E-state index in [1.165, 1.54) is 4.68 Å². The van der Waals surface area contributed by atoms with E-state index < -0.39 is 0 Å². The summed E-state index contributed by atoms with van der Waals surface area (Å²) in [5.74, 6) is 0.715. The van der Waals surface area contributed by atoms with Gasteiger partial charge in [-0.1, -0.05) is 42.5 Å². The monoisotopic (exact) mass is 432 g/mol. The molecule has 1 amide bonds. The Balaban J connectivity index is 1.36. The van der Waals surface area contributed by atoms with Gasteiger partial charge in [0.2, 0.25) is 5.91 Å². The highest BCUT2D eigenvalue weighted by molar-refractivity contribution is 5.79. The third-order valence-electron chi connectivity index (χ3n) is 5.81. The number of hydrogen-bond acceptors (Lipinski definition) is 5. The number of benzene rings is 2. The van der Waals surface area contributed by atoms with Gasteiger partial charge in [0, 0.05) is 25.7 Å². The van der Waals surface area contributed by atoms with Crippen LogP contribution in [0.4, 0.5) is 5.69 Å². The minimum atomic E-state index is -0.141. The van der Waals surface area contributed by atoms with E-state index in [4.69, 9.17) is 4.74 Å². The molecule has 1 fully saturated rings. The number of aromatic nitrogens is 2. The first-order valence-electron chi connectivity index (χ1n) is 10.9. The molecule has 1 N–H and O–H groups in total. The van der Waals surface area contributed by atoms with Crippen LogP contribution < -0.4 is 20.5 Å². The van der Waals surface area contributed by atoms with E-state index in [1.807, 2.05) is 54.6 Å². The summed E-state index contributed by atoms with van der Waals surface area (Å²) in [4.78, 5) is 27.4. The second-order valence-corrected chi connectivity index (χ2v) is 8.05. The molecule has 1 unspecified atom stereocenters. The smallest absolute Gasteiger partial charge is 0.269 e. The molecule has 2 heterocycles. The van der Waals surface area contributed by atoms with Crippen molar-refractivity contribution in [1.29, 1.82) is 0 Å². The fourth-order valence-corrected chi connectivity index (χ4v) is 3.97. The predicted octanol–water partition coefficient (Wildman–Crippen LogP) is 2.83. The van der Waals surface area contributed by atoms with Crippen molar-refractivity contribution >= 4 is 11.6 Å². The third-order valence-corrected chi connectivity index (χ3v) is 5.81. The number of carbonyl (C=O) groups is 1. The summed E-state index contributed by atoms with van der Waals surface area (Å²) in [5, 5.41) is 7.40. The quantitative estimate of drug-likeness (QED) is 0.621. The first-order chi connectivity index (χ1) is 15.6. The maximum absolute atomic E-state index is 12.8. The lowest BCUT2D eigenvalue weighted by Gasteiger charge is -2.33. The molecule has 2 aromatic carbocycles. The Morgan fingerprint density at radius 3 is 2.62 bits per heavy atom. The lowest BCUT2D eigenvalue weighted by Crippen LogP contribution is -2.43. The van der Waals surface area contributed by atoms with Gasteiger partial charge >= 0.3 is 0 Å². The van der Waals surface area contributed by atoms with E-state index in [1.54, 1.807) is 19.4 Å². The van der Waals surface area contributed by atoms with Crippen LogP contribution in [-0.4, -0.2) is 35.9 Å². The van der Waals surface area contributed by atoms with Gasteiger partial charge in [-0.05, 0) is 36.1 Å². The second-order valence-electron chi connectivity index (χ2n) is 8.05. The molecule has 0 radical (unpaired) electrons. The van der Waals surface area contributed by atoms with E-state index in [2.05, 4.69) is 15.3 Å². The minimum Gasteiger partial charge on any atom is -0.497 e. The molecule has 3 aromatic rings. The van der Waals surface area contributed by atoms with Crippen molar-refractivity contribution in [3.63, 3.8) is 0 Å². The zero-order chi connectivity index (χ0) is 22.3. The van der Waals surface area contributed by atoms with Crippen molar-refractivity contribution in [3.8, 4) is 5.75 Å². The molecule has 0 saturated carbocycles. The Morgan fingerprint density at radius 1 is 1.12 bits per heavy atom. The van der Waals surface area contributed by atoms with Gasteiger partial charge < -0.3 is 15.0 Å². The molecule has 166 valence electrons. The number of piperidine rings is 1. The Morgan fingerprint density at radius 2 is 1.91 bits per heavy atom. The van der Waals surface area contributed by atoms with Crippen LogP contribution in [0, 0.1) is 5.92 Å². The van der Waals surface area contributed by atoms with Crippen molar-refractivity contribution in [3.05, 3.63) is 88.3 Å². The zero-order valence-electron chi connectivity index (χ0n) is 18.2. The van der Waals surface area contributed by atoms with Crippen LogP contribution in [-0.2, 0) is 17.9 Å². The highest BCUT2D eigenvalue weighted by Gasteiger charge is 2.26. The van der Waals surface area contributed by atoms with E-state index >= 15 is 0 Å². The molecular formula is C25H28N4O3. The summed E-state index contributed by atoms with van der Waals surface area (Å²) in [6, 6.07) is 19.1. The fraction of sp³-hybridized carbons (Fsp3) is 0.320. The molecule has 1 atom stereocenters. The van der Waals surface area contributed by atoms with Gasteiger partial charge in [0.1, 0.15) is 5.75 Å². The summed E-state index contributed by atoms with van der Waals surface area (Å²) in [5.41, 5.74) is 2.68. The summed E-state index contributed by atoms with van der Waals surface area (Å²) in [6.07, 6.45) is 3.46. The Bertz CT molecular complexity index is 1100. The molecule has 7 heteroatoms. The van der Waals surface area contributed by atoms with Crippen LogP contribution in [0.3, 0.4) is 0 Å². The second kappa shape index (κ2) is 10.1. The maximum atomic E-state index is 12.8. The summed E-state index contributed by atoms with van der Waals surface area (Å²) in [7, 11) is 1.63. The number of ether oxygens (including phenoxy) is 1. The van der Waals surface area contributed by atoms with Crippen LogP contribution >= 0.6 is 0 Å². The fourth-order valence-electron chi connectivity index (χ4n) is 3.97. The molecule has 1 aromatic heterocycles. The van der Waals surface area contributed by atoms with Gasteiger partial charge in [0.05, 0.1) is 31.5 Å². The lowest BCUT2D eigenvalue weighted by atomic mass is 9.96. The first kappa shape index (κ1) is 21.6. The molecule has 1 aliphatic rings. The van der Waals surface area contributed by atoms with E-state index in [9.17, 15) is 9.59 Å². The van der Waals surface area contributed by atoms with Crippen molar-refractivity contribution in [2.45, 2.75) is 25.9 Å². The van der Waals surface area contributed by atoms with Crippen LogP contribution in [0.5, 0.6) is 5.75 Å². The SMILES string of the molecule is COc1ccc(CNC(=O)C2CCCN(c3cnn(Cc4ccccc4)c(=O)c3)C2)cc1. The van der Waals surface area contributed by atoms with Crippen LogP contribution in [0.1, 0.15) is 24.0 Å². The van der Waals surface area contributed by atoms with Crippen LogP contribution in [0.2, 0.25) is 0 Å². The molecule has 1 saturated heterocycles. The van der Waals surface area contributed by atoms with Gasteiger partial charge in [-0.15, -0.1) is 0 Å². The largest absolute Gasteiger partial charge is 0.497 e. The highest BCUT2D eigenvalue weighted by atomic mass is 16.5. The van der Waals surface area contributed by atoms with Gasteiger partial charge in [-0.3, -0.25) is 9.59 Å². The topological polar surface area (TPSA) is 76.5 Å². The van der Waals surface area contributed by atoms with E-state index in [0.717, 1.165) is 42.0 Å². The summed E-state index contributed by atoms with van der Waals surface area (Å²) < 4.78 is 6.63. The predicted molar refractivity (Wildman–Crippen MR) is 124 cm³/mol. The van der Waals surface area contributed by atoms with Gasteiger partial charge in [-0.2, -0.15) is 5.10 Å². The Kier molecular flexibility index (Phi) is 6.84. The Hall–Kier alpha value is -3.61. The molecule has 7 nitrogen and oxygen atoms in total. The van der Waals surface area contributed by atoms with Crippen molar-refractivity contribution in [2.75, 3.05) is 25.1 Å². The average Bonchev–Trinajstić information content (AvgIpc) is 2.85. The number of nitrogens with zero attached hydrogens (tertiary/aromatic N) is 3. The molecular weight excluding hydrogens is 404 g/mol. The average molecular weight is 433 g/mol. The third kappa shape index (κ3) is 5.35. The van der Waals surface area contributed by atoms with Crippen LogP contribution in [0.15, 0.2) is 71.7 Å². The van der Waals surface area contributed by atoms with Crippen LogP contribution in [0.25, 0.3) is 0 Å². The van der Waals surface area contributed by atoms with Gasteiger partial charge in [0.15, 0.2) is 0 Å². The first-order valence-corrected chi connectivity index (χ1v) is 10.9. The molecule has 0 spiro atoms. The van der Waals surface area contributed by atoms with E-state index in [0.29, 0.717) is 19.6 Å². The minimum absolute atomic E-state index is 0.0379. The molecule has 1 aliphatic heterocycles. The van der Waals surface area contributed by atoms with Gasteiger partial charge in [-0.25, -0.2) is 4.68 Å². The zero-order valence-corrected chi connectivity index (χ0v) is 18.2. The molecule has 0 bridgehead atoms. The Labute approximate surface area is 187 Å².